The number of hydrogen-bond donors (Lipinski definition) is 2. The van der Waals surface area contributed by atoms with Gasteiger partial charge in [-0.05, 0) is 29.8 Å². The normalized spacial score (nSPS) is 11.8. The van der Waals surface area contributed by atoms with E-state index in [1.54, 1.807) is 18.5 Å². The quantitative estimate of drug-likeness (QED) is 0.729. The molecule has 1 aliphatic heterocycles. The van der Waals surface area contributed by atoms with Gasteiger partial charge in [-0.15, -0.1) is 0 Å². The Hall–Kier alpha value is -3.68. The van der Waals surface area contributed by atoms with E-state index < -0.39 is 0 Å². The van der Waals surface area contributed by atoms with E-state index in [2.05, 4.69) is 25.6 Å². The van der Waals surface area contributed by atoms with Gasteiger partial charge in [0.2, 0.25) is 12.7 Å². The van der Waals surface area contributed by atoms with Gasteiger partial charge in [0, 0.05) is 43.1 Å². The minimum absolute atomic E-state index is 0.221. The van der Waals surface area contributed by atoms with Gasteiger partial charge >= 0.3 is 0 Å². The van der Waals surface area contributed by atoms with Crippen LogP contribution >= 0.6 is 0 Å². The van der Waals surface area contributed by atoms with E-state index in [0.717, 1.165) is 11.3 Å². The Morgan fingerprint density at radius 1 is 1.04 bits per heavy atom. The van der Waals surface area contributed by atoms with Crippen LogP contribution in [0.25, 0.3) is 0 Å². The summed E-state index contributed by atoms with van der Waals surface area (Å²) in [5.74, 6) is 1.52. The third-order valence-electron chi connectivity index (χ3n) is 3.75. The largest absolute Gasteiger partial charge is 0.454 e. The molecule has 4 rings (SSSR count). The number of carbonyl (C=O) groups excluding carboxylic acids is 1. The standard InChI is InChI=1S/C18H15N5O3/c24-17(20-8-12-3-5-19-6-4-12)13-9-21-18(22-10-13)23-14-1-2-15-16(7-14)26-11-25-15/h1-7,9-10H,8,11H2,(H,20,24)(H,21,22,23). The highest BCUT2D eigenvalue weighted by atomic mass is 16.7. The first kappa shape index (κ1) is 15.8. The Bertz CT molecular complexity index is 916. The first-order valence-electron chi connectivity index (χ1n) is 7.94. The van der Waals surface area contributed by atoms with Gasteiger partial charge < -0.3 is 20.1 Å². The summed E-state index contributed by atoms with van der Waals surface area (Å²) >= 11 is 0. The molecule has 0 saturated carbocycles. The summed E-state index contributed by atoms with van der Waals surface area (Å²) in [5.41, 5.74) is 2.12. The number of ether oxygens (including phenoxy) is 2. The van der Waals surface area contributed by atoms with E-state index in [1.807, 2.05) is 24.3 Å². The SMILES string of the molecule is O=C(NCc1ccncc1)c1cnc(Nc2ccc3c(c2)OCO3)nc1. The highest BCUT2D eigenvalue weighted by Gasteiger charge is 2.13. The predicted molar refractivity (Wildman–Crippen MR) is 93.3 cm³/mol. The molecule has 0 spiro atoms. The van der Waals surface area contributed by atoms with Gasteiger partial charge in [0.05, 0.1) is 5.56 Å². The maximum Gasteiger partial charge on any atom is 0.254 e. The van der Waals surface area contributed by atoms with Gasteiger partial charge in [-0.2, -0.15) is 0 Å². The number of pyridine rings is 1. The molecule has 0 unspecified atom stereocenters. The lowest BCUT2D eigenvalue weighted by Crippen LogP contribution is -2.23. The molecule has 2 aromatic heterocycles. The molecule has 1 aliphatic rings. The van der Waals surface area contributed by atoms with E-state index in [9.17, 15) is 4.79 Å². The van der Waals surface area contributed by atoms with Crippen LogP contribution in [0.5, 0.6) is 11.5 Å². The Balaban J connectivity index is 1.38. The molecule has 26 heavy (non-hydrogen) atoms. The number of amides is 1. The smallest absolute Gasteiger partial charge is 0.254 e. The first-order chi connectivity index (χ1) is 12.8. The number of nitrogens with zero attached hydrogens (tertiary/aromatic N) is 3. The molecule has 2 N–H and O–H groups in total. The van der Waals surface area contributed by atoms with Crippen LogP contribution < -0.4 is 20.1 Å². The van der Waals surface area contributed by atoms with Crippen LogP contribution in [0, 0.1) is 0 Å². The Labute approximate surface area is 149 Å². The molecule has 0 radical (unpaired) electrons. The monoisotopic (exact) mass is 349 g/mol. The van der Waals surface area contributed by atoms with E-state index in [-0.39, 0.29) is 12.7 Å². The van der Waals surface area contributed by atoms with Gasteiger partial charge in [-0.1, -0.05) is 0 Å². The number of rotatable bonds is 5. The minimum atomic E-state index is -0.239. The molecule has 1 aromatic carbocycles. The van der Waals surface area contributed by atoms with Crippen LogP contribution in [0.1, 0.15) is 15.9 Å². The van der Waals surface area contributed by atoms with E-state index in [0.29, 0.717) is 29.6 Å². The van der Waals surface area contributed by atoms with Crippen LogP contribution in [-0.2, 0) is 6.54 Å². The van der Waals surface area contributed by atoms with Gasteiger partial charge in [-0.3, -0.25) is 9.78 Å². The molecule has 0 saturated heterocycles. The molecule has 0 fully saturated rings. The molecule has 130 valence electrons. The summed E-state index contributed by atoms with van der Waals surface area (Å²) in [6.07, 6.45) is 6.32. The van der Waals surface area contributed by atoms with Crippen molar-refractivity contribution < 1.29 is 14.3 Å². The topological polar surface area (TPSA) is 98.3 Å². The second kappa shape index (κ2) is 7.06. The van der Waals surface area contributed by atoms with Gasteiger partial charge in [0.1, 0.15) is 0 Å². The fourth-order valence-electron chi connectivity index (χ4n) is 2.40. The molecular weight excluding hydrogens is 334 g/mol. The summed E-state index contributed by atoms with van der Waals surface area (Å²) in [7, 11) is 0. The van der Waals surface area contributed by atoms with Crippen molar-refractivity contribution in [3.63, 3.8) is 0 Å². The summed E-state index contributed by atoms with van der Waals surface area (Å²) < 4.78 is 10.6. The van der Waals surface area contributed by atoms with Crippen molar-refractivity contribution in [1.82, 2.24) is 20.3 Å². The number of fused-ring (bicyclic) bond motifs is 1. The third kappa shape index (κ3) is 3.54. The number of hydrogen-bond acceptors (Lipinski definition) is 7. The molecule has 3 heterocycles. The number of carbonyl (C=O) groups is 1. The highest BCUT2D eigenvalue weighted by molar-refractivity contribution is 5.93. The second-order valence-corrected chi connectivity index (χ2v) is 5.53. The lowest BCUT2D eigenvalue weighted by Gasteiger charge is -2.07. The predicted octanol–water partition coefficient (Wildman–Crippen LogP) is 2.27. The molecule has 3 aromatic rings. The highest BCUT2D eigenvalue weighted by Crippen LogP contribution is 2.34. The van der Waals surface area contributed by atoms with Crippen molar-refractivity contribution in [1.29, 1.82) is 0 Å². The van der Waals surface area contributed by atoms with Crippen LogP contribution in [0.4, 0.5) is 11.6 Å². The summed E-state index contributed by atoms with van der Waals surface area (Å²) in [6, 6.07) is 9.14. The number of aromatic nitrogens is 3. The van der Waals surface area contributed by atoms with Crippen LogP contribution in [0.2, 0.25) is 0 Å². The Kier molecular flexibility index (Phi) is 4.29. The molecule has 1 amide bonds. The minimum Gasteiger partial charge on any atom is -0.454 e. The lowest BCUT2D eigenvalue weighted by atomic mass is 10.2. The van der Waals surface area contributed by atoms with Crippen LogP contribution in [-0.4, -0.2) is 27.7 Å². The van der Waals surface area contributed by atoms with E-state index in [1.165, 1.54) is 12.4 Å². The third-order valence-corrected chi connectivity index (χ3v) is 3.75. The zero-order chi connectivity index (χ0) is 17.8. The number of anilines is 2. The fraction of sp³-hybridized carbons (Fsp3) is 0.111. The molecule has 0 aliphatic carbocycles. The molecular formula is C18H15N5O3. The average molecular weight is 349 g/mol. The maximum absolute atomic E-state index is 12.2. The Morgan fingerprint density at radius 3 is 2.62 bits per heavy atom. The molecule has 0 bridgehead atoms. The van der Waals surface area contributed by atoms with Crippen molar-refractivity contribution in [2.24, 2.45) is 0 Å². The summed E-state index contributed by atoms with van der Waals surface area (Å²) in [5, 5.41) is 5.88. The van der Waals surface area contributed by atoms with Crippen molar-refractivity contribution in [3.8, 4) is 11.5 Å². The van der Waals surface area contributed by atoms with Crippen molar-refractivity contribution in [2.45, 2.75) is 6.54 Å². The van der Waals surface area contributed by atoms with E-state index >= 15 is 0 Å². The fourth-order valence-corrected chi connectivity index (χ4v) is 2.40. The van der Waals surface area contributed by atoms with Crippen LogP contribution in [0.3, 0.4) is 0 Å². The van der Waals surface area contributed by atoms with Crippen molar-refractivity contribution in [3.05, 3.63) is 66.2 Å². The number of benzene rings is 1. The van der Waals surface area contributed by atoms with Gasteiger partial charge in [0.25, 0.3) is 5.91 Å². The molecule has 8 nitrogen and oxygen atoms in total. The summed E-state index contributed by atoms with van der Waals surface area (Å²) in [6.45, 7) is 0.636. The van der Waals surface area contributed by atoms with Crippen molar-refractivity contribution in [2.75, 3.05) is 12.1 Å². The molecule has 8 heteroatoms. The zero-order valence-corrected chi connectivity index (χ0v) is 13.7. The zero-order valence-electron chi connectivity index (χ0n) is 13.7. The first-order valence-corrected chi connectivity index (χ1v) is 7.94. The van der Waals surface area contributed by atoms with E-state index in [4.69, 9.17) is 9.47 Å². The second-order valence-electron chi connectivity index (χ2n) is 5.53. The van der Waals surface area contributed by atoms with Gasteiger partial charge in [0.15, 0.2) is 11.5 Å². The summed E-state index contributed by atoms with van der Waals surface area (Å²) in [4.78, 5) is 24.5. The van der Waals surface area contributed by atoms with Crippen LogP contribution in [0.15, 0.2) is 55.1 Å². The molecule has 0 atom stereocenters. The maximum atomic E-state index is 12.2. The Morgan fingerprint density at radius 2 is 1.81 bits per heavy atom. The van der Waals surface area contributed by atoms with Gasteiger partial charge in [-0.25, -0.2) is 9.97 Å². The lowest BCUT2D eigenvalue weighted by molar-refractivity contribution is 0.0950. The average Bonchev–Trinajstić information content (AvgIpc) is 3.15. The number of nitrogens with one attached hydrogen (secondary N) is 2. The van der Waals surface area contributed by atoms with Crippen molar-refractivity contribution >= 4 is 17.5 Å².